The Labute approximate surface area is 113 Å². The van der Waals surface area contributed by atoms with E-state index in [-0.39, 0.29) is 29.1 Å². The Morgan fingerprint density at radius 2 is 1.63 bits per heavy atom. The average molecular weight is 279 g/mol. The fourth-order valence-electron chi connectivity index (χ4n) is 3.13. The third kappa shape index (κ3) is 2.72. The lowest BCUT2D eigenvalue weighted by atomic mass is 9.89. The highest BCUT2D eigenvalue weighted by molar-refractivity contribution is 7.91. The fourth-order valence-corrected chi connectivity index (χ4v) is 5.03. The number of hydrogen-bond donors (Lipinski definition) is 0. The molecule has 0 aliphatic carbocycles. The number of nitrogens with zero attached hydrogens (tertiary/aromatic N) is 1. The first kappa shape index (κ1) is 12.8. The molecular formula is C14H17NO3S. The van der Waals surface area contributed by atoms with Crippen molar-refractivity contribution in [3.05, 3.63) is 35.9 Å². The minimum absolute atomic E-state index is 0.0353. The number of piperidine rings is 1. The highest BCUT2D eigenvalue weighted by atomic mass is 32.2. The number of sulfone groups is 1. The van der Waals surface area contributed by atoms with Crippen molar-refractivity contribution in [2.75, 3.05) is 24.6 Å². The van der Waals surface area contributed by atoms with Gasteiger partial charge in [-0.2, -0.15) is 0 Å². The Morgan fingerprint density at radius 1 is 1.05 bits per heavy atom. The molecule has 0 spiro atoms. The number of fused-ring (bicyclic) bond motifs is 2. The van der Waals surface area contributed by atoms with Crippen LogP contribution < -0.4 is 0 Å². The molecule has 2 bridgehead atoms. The van der Waals surface area contributed by atoms with Crippen molar-refractivity contribution in [1.82, 2.24) is 4.90 Å². The molecule has 1 aromatic rings. The summed E-state index contributed by atoms with van der Waals surface area (Å²) in [7, 11) is -3.02. The van der Waals surface area contributed by atoms with Gasteiger partial charge in [-0.3, -0.25) is 9.69 Å². The molecule has 2 heterocycles. The summed E-state index contributed by atoms with van der Waals surface area (Å²) in [6.45, 7) is 1.94. The van der Waals surface area contributed by atoms with Crippen molar-refractivity contribution in [1.29, 1.82) is 0 Å². The van der Waals surface area contributed by atoms with Gasteiger partial charge in [-0.05, 0) is 5.56 Å². The zero-order valence-electron chi connectivity index (χ0n) is 10.7. The maximum absolute atomic E-state index is 12.0. The van der Waals surface area contributed by atoms with Crippen LogP contribution >= 0.6 is 0 Å². The van der Waals surface area contributed by atoms with Crippen LogP contribution in [0.4, 0.5) is 0 Å². The molecule has 2 saturated heterocycles. The van der Waals surface area contributed by atoms with Gasteiger partial charge in [-0.1, -0.05) is 30.3 Å². The molecule has 0 aromatic heterocycles. The van der Waals surface area contributed by atoms with Crippen LogP contribution in [-0.4, -0.2) is 43.7 Å². The maximum Gasteiger partial charge on any atom is 0.151 e. The summed E-state index contributed by atoms with van der Waals surface area (Å²) in [6.07, 6.45) is 0. The molecule has 5 heteroatoms. The largest absolute Gasteiger partial charge is 0.299 e. The summed E-state index contributed by atoms with van der Waals surface area (Å²) in [6, 6.07) is 10.1. The van der Waals surface area contributed by atoms with Gasteiger partial charge in [0.1, 0.15) is 5.78 Å². The third-order valence-electron chi connectivity index (χ3n) is 3.92. The van der Waals surface area contributed by atoms with Crippen molar-refractivity contribution in [2.24, 2.45) is 11.8 Å². The van der Waals surface area contributed by atoms with Gasteiger partial charge in [-0.25, -0.2) is 8.42 Å². The molecule has 102 valence electrons. The summed E-state index contributed by atoms with van der Waals surface area (Å²) in [5.41, 5.74) is 1.21. The first-order chi connectivity index (χ1) is 9.03. The fraction of sp³-hybridized carbons (Fsp3) is 0.500. The second-order valence-electron chi connectivity index (χ2n) is 5.55. The number of carbonyl (C=O) groups is 1. The molecular weight excluding hydrogens is 262 g/mol. The summed E-state index contributed by atoms with van der Waals surface area (Å²) < 4.78 is 23.4. The molecule has 0 saturated carbocycles. The van der Waals surface area contributed by atoms with Gasteiger partial charge in [0.2, 0.25) is 0 Å². The van der Waals surface area contributed by atoms with Gasteiger partial charge in [0, 0.05) is 31.5 Å². The second-order valence-corrected chi connectivity index (χ2v) is 7.71. The summed E-state index contributed by atoms with van der Waals surface area (Å²) in [4.78, 5) is 14.2. The molecule has 19 heavy (non-hydrogen) atoms. The van der Waals surface area contributed by atoms with E-state index < -0.39 is 9.84 Å². The predicted octanol–water partition coefficient (Wildman–Crippen LogP) is 0.732. The lowest BCUT2D eigenvalue weighted by Gasteiger charge is -2.39. The molecule has 4 nitrogen and oxygen atoms in total. The van der Waals surface area contributed by atoms with E-state index in [1.807, 2.05) is 18.2 Å². The zero-order chi connectivity index (χ0) is 13.5. The Balaban J connectivity index is 1.74. The van der Waals surface area contributed by atoms with Crippen LogP contribution in [0.25, 0.3) is 0 Å². The first-order valence-corrected chi connectivity index (χ1v) is 8.36. The van der Waals surface area contributed by atoms with Gasteiger partial charge in [0.25, 0.3) is 0 Å². The summed E-state index contributed by atoms with van der Waals surface area (Å²) in [5.74, 6) is -0.414. The van der Waals surface area contributed by atoms with Crippen LogP contribution in [-0.2, 0) is 21.2 Å². The number of Topliss-reactive ketones (excluding diaryl/α,β-unsaturated/α-hetero) is 1. The van der Waals surface area contributed by atoms with Crippen LogP contribution in [0.1, 0.15) is 5.56 Å². The van der Waals surface area contributed by atoms with Gasteiger partial charge in [-0.15, -0.1) is 0 Å². The van der Waals surface area contributed by atoms with Crippen LogP contribution in [0.15, 0.2) is 30.3 Å². The third-order valence-corrected chi connectivity index (χ3v) is 5.74. The van der Waals surface area contributed by atoms with Gasteiger partial charge in [0.15, 0.2) is 9.84 Å². The molecule has 0 amide bonds. The van der Waals surface area contributed by atoms with Crippen LogP contribution in [0, 0.1) is 11.8 Å². The number of likely N-dealkylation sites (tertiary alicyclic amines) is 1. The zero-order valence-corrected chi connectivity index (χ0v) is 11.5. The quantitative estimate of drug-likeness (QED) is 0.801. The van der Waals surface area contributed by atoms with Crippen molar-refractivity contribution in [2.45, 2.75) is 6.54 Å². The minimum Gasteiger partial charge on any atom is -0.299 e. The van der Waals surface area contributed by atoms with Gasteiger partial charge < -0.3 is 0 Å². The summed E-state index contributed by atoms with van der Waals surface area (Å²) >= 11 is 0. The highest BCUT2D eigenvalue weighted by Crippen LogP contribution is 2.27. The lowest BCUT2D eigenvalue weighted by molar-refractivity contribution is -0.130. The highest BCUT2D eigenvalue weighted by Gasteiger charge is 2.43. The smallest absolute Gasteiger partial charge is 0.151 e. The van der Waals surface area contributed by atoms with E-state index in [0.717, 1.165) is 6.54 Å². The maximum atomic E-state index is 12.0. The van der Waals surface area contributed by atoms with Crippen molar-refractivity contribution in [3.63, 3.8) is 0 Å². The molecule has 1 aromatic carbocycles. The standard InChI is InChI=1S/C14H17NO3S/c16-14-12-7-15(6-11-4-2-1-3-5-11)8-13(14)10-19(17,18)9-12/h1-5,12-13H,6-10H2/t12-,13-/m1/s1. The summed E-state index contributed by atoms with van der Waals surface area (Å²) in [5, 5.41) is 0. The first-order valence-electron chi connectivity index (χ1n) is 6.54. The lowest BCUT2D eigenvalue weighted by Crippen LogP contribution is -2.54. The van der Waals surface area contributed by atoms with Crippen LogP contribution in [0.3, 0.4) is 0 Å². The topological polar surface area (TPSA) is 54.5 Å². The molecule has 2 atom stereocenters. The predicted molar refractivity (Wildman–Crippen MR) is 72.4 cm³/mol. The SMILES string of the molecule is O=C1[C@@H]2CN(Cc3ccccc3)C[C@@H]1CS(=O)(=O)C2. The van der Waals surface area contributed by atoms with E-state index in [0.29, 0.717) is 13.1 Å². The number of hydrogen-bond acceptors (Lipinski definition) is 4. The molecule has 0 N–H and O–H groups in total. The normalized spacial score (nSPS) is 30.2. The van der Waals surface area contributed by atoms with E-state index in [9.17, 15) is 13.2 Å². The molecule has 0 radical (unpaired) electrons. The molecule has 2 fully saturated rings. The van der Waals surface area contributed by atoms with E-state index in [4.69, 9.17) is 0 Å². The Hall–Kier alpha value is -1.20. The number of carbonyl (C=O) groups excluding carboxylic acids is 1. The van der Waals surface area contributed by atoms with Crippen molar-refractivity contribution in [3.8, 4) is 0 Å². The van der Waals surface area contributed by atoms with Crippen molar-refractivity contribution >= 4 is 15.6 Å². The van der Waals surface area contributed by atoms with Crippen LogP contribution in [0.2, 0.25) is 0 Å². The minimum atomic E-state index is -3.02. The Bertz CT molecular complexity index is 558. The van der Waals surface area contributed by atoms with E-state index in [1.165, 1.54) is 5.56 Å². The molecule has 2 aliphatic heterocycles. The van der Waals surface area contributed by atoms with E-state index >= 15 is 0 Å². The average Bonchev–Trinajstić information content (AvgIpc) is 2.33. The number of rotatable bonds is 2. The molecule has 3 rings (SSSR count). The Kier molecular flexibility index (Phi) is 3.19. The number of ketones is 1. The van der Waals surface area contributed by atoms with E-state index in [2.05, 4.69) is 17.0 Å². The van der Waals surface area contributed by atoms with Gasteiger partial charge in [0.05, 0.1) is 11.5 Å². The van der Waals surface area contributed by atoms with Gasteiger partial charge >= 0.3 is 0 Å². The monoisotopic (exact) mass is 279 g/mol. The molecule has 2 aliphatic rings. The number of benzene rings is 1. The van der Waals surface area contributed by atoms with E-state index in [1.54, 1.807) is 0 Å². The Morgan fingerprint density at radius 3 is 2.21 bits per heavy atom. The van der Waals surface area contributed by atoms with Crippen molar-refractivity contribution < 1.29 is 13.2 Å². The molecule has 0 unspecified atom stereocenters. The van der Waals surface area contributed by atoms with Crippen LogP contribution in [0.5, 0.6) is 0 Å². The second kappa shape index (κ2) is 4.72.